The predicted octanol–water partition coefficient (Wildman–Crippen LogP) is 0.923. The minimum atomic E-state index is -0.565. The Morgan fingerprint density at radius 2 is 1.62 bits per heavy atom. The van der Waals surface area contributed by atoms with Gasteiger partial charge >= 0.3 is 0 Å². The van der Waals surface area contributed by atoms with Gasteiger partial charge in [-0.3, -0.25) is 4.79 Å². The van der Waals surface area contributed by atoms with Crippen molar-refractivity contribution in [3.63, 3.8) is 0 Å². The molecule has 3 heteroatoms. The fourth-order valence-electron chi connectivity index (χ4n) is 0.255. The number of carbonyl (C=O) groups is 1. The van der Waals surface area contributed by atoms with E-state index < -0.39 is 11.5 Å². The Balaban J connectivity index is 4.23. The van der Waals surface area contributed by atoms with Crippen LogP contribution in [-0.4, -0.2) is 16.0 Å². The lowest BCUT2D eigenvalue weighted by molar-refractivity contribution is -0.116. The molecule has 3 nitrogen and oxygen atoms in total. The molecule has 0 rings (SSSR count). The van der Waals surface area contributed by atoms with Crippen molar-refractivity contribution in [3.05, 3.63) is 11.5 Å². The Bertz CT molecular complexity index is 131. The molecule has 0 saturated heterocycles. The number of rotatable bonds is 1. The van der Waals surface area contributed by atoms with Crippen molar-refractivity contribution in [3.8, 4) is 0 Å². The third kappa shape index (κ3) is 1.64. The summed E-state index contributed by atoms with van der Waals surface area (Å²) in [5.74, 6) is -1.42. The number of aliphatic hydroxyl groups is 2. The molecule has 0 aliphatic heterocycles. The van der Waals surface area contributed by atoms with Crippen LogP contribution < -0.4 is 0 Å². The minimum absolute atomic E-state index is 0.336. The molecular formula is C5H8O3. The molecule has 2 N–H and O–H groups in total. The van der Waals surface area contributed by atoms with Crippen LogP contribution in [0.25, 0.3) is 0 Å². The maximum atomic E-state index is 10.1. The smallest absolute Gasteiger partial charge is 0.197 e. The van der Waals surface area contributed by atoms with Crippen LogP contribution in [0.4, 0.5) is 0 Å². The lowest BCUT2D eigenvalue weighted by atomic mass is 10.3. The minimum Gasteiger partial charge on any atom is -0.509 e. The summed E-state index contributed by atoms with van der Waals surface area (Å²) in [4.78, 5) is 10.1. The summed E-state index contributed by atoms with van der Waals surface area (Å²) in [6.07, 6.45) is 0. The molecule has 0 aliphatic rings. The zero-order valence-corrected chi connectivity index (χ0v) is 4.80. The number of aliphatic hydroxyl groups excluding tert-OH is 2. The van der Waals surface area contributed by atoms with Gasteiger partial charge in [0.05, 0.1) is 0 Å². The van der Waals surface area contributed by atoms with Crippen molar-refractivity contribution >= 4 is 5.78 Å². The highest BCUT2D eigenvalue weighted by molar-refractivity contribution is 5.90. The summed E-state index contributed by atoms with van der Waals surface area (Å²) in [6, 6.07) is 0. The summed E-state index contributed by atoms with van der Waals surface area (Å²) in [6.45, 7) is 2.42. The average molecular weight is 116 g/mol. The van der Waals surface area contributed by atoms with Crippen LogP contribution >= 0.6 is 0 Å². The highest BCUT2D eigenvalue weighted by Gasteiger charge is 2.01. The van der Waals surface area contributed by atoms with Crippen LogP contribution in [0.3, 0.4) is 0 Å². The van der Waals surface area contributed by atoms with Crippen molar-refractivity contribution in [2.45, 2.75) is 13.8 Å². The van der Waals surface area contributed by atoms with Gasteiger partial charge in [0, 0.05) is 6.92 Å². The van der Waals surface area contributed by atoms with Crippen molar-refractivity contribution in [1.29, 1.82) is 0 Å². The van der Waals surface area contributed by atoms with Gasteiger partial charge in [-0.15, -0.1) is 0 Å². The molecule has 0 saturated carbocycles. The molecule has 0 aliphatic carbocycles. The molecule has 0 spiro atoms. The highest BCUT2D eigenvalue weighted by Crippen LogP contribution is 1.95. The van der Waals surface area contributed by atoms with Gasteiger partial charge in [0.1, 0.15) is 5.76 Å². The summed E-state index contributed by atoms with van der Waals surface area (Å²) in [5, 5.41) is 16.9. The van der Waals surface area contributed by atoms with E-state index >= 15 is 0 Å². The first-order valence-electron chi connectivity index (χ1n) is 2.15. The maximum absolute atomic E-state index is 10.1. The predicted molar refractivity (Wildman–Crippen MR) is 28.6 cm³/mol. The summed E-state index contributed by atoms with van der Waals surface area (Å²) in [7, 11) is 0. The normalized spacial score (nSPS) is 12.8. The van der Waals surface area contributed by atoms with Crippen molar-refractivity contribution in [1.82, 2.24) is 0 Å². The lowest BCUT2D eigenvalue weighted by Crippen LogP contribution is -1.97. The lowest BCUT2D eigenvalue weighted by Gasteiger charge is -1.91. The molecule has 0 heterocycles. The monoisotopic (exact) mass is 116 g/mol. The molecule has 0 unspecified atom stereocenters. The van der Waals surface area contributed by atoms with Crippen LogP contribution in [0.15, 0.2) is 11.5 Å². The van der Waals surface area contributed by atoms with Gasteiger partial charge in [-0.05, 0) is 6.92 Å². The van der Waals surface area contributed by atoms with E-state index in [0.717, 1.165) is 0 Å². The first-order valence-corrected chi connectivity index (χ1v) is 2.15. The molecule has 0 radical (unpaired) electrons. The van der Waals surface area contributed by atoms with Gasteiger partial charge in [0.2, 0.25) is 0 Å². The summed E-state index contributed by atoms with van der Waals surface area (Å²) in [5.41, 5.74) is 0. The summed E-state index contributed by atoms with van der Waals surface area (Å²) < 4.78 is 0. The van der Waals surface area contributed by atoms with Gasteiger partial charge in [0.25, 0.3) is 0 Å². The number of allylic oxidation sites excluding steroid dienone is 2. The van der Waals surface area contributed by atoms with Crippen LogP contribution in [0.5, 0.6) is 0 Å². The standard InChI is InChI=1S/C5H8O3/c1-3(6)5(8)4(2)7/h6,8H,1-2H3/b5-3+. The molecule has 0 aromatic heterocycles. The molecule has 0 fully saturated rings. The number of carbonyl (C=O) groups excluding carboxylic acids is 1. The van der Waals surface area contributed by atoms with Crippen molar-refractivity contribution in [2.75, 3.05) is 0 Å². The van der Waals surface area contributed by atoms with Crippen LogP contribution in [0, 0.1) is 0 Å². The van der Waals surface area contributed by atoms with Crippen LogP contribution in [0.2, 0.25) is 0 Å². The second-order valence-corrected chi connectivity index (χ2v) is 1.49. The van der Waals surface area contributed by atoms with E-state index in [0.29, 0.717) is 0 Å². The van der Waals surface area contributed by atoms with E-state index in [9.17, 15) is 4.79 Å². The second-order valence-electron chi connectivity index (χ2n) is 1.49. The third-order valence-electron chi connectivity index (χ3n) is 0.676. The molecule has 0 aromatic rings. The zero-order chi connectivity index (χ0) is 6.73. The third-order valence-corrected chi connectivity index (χ3v) is 0.676. The quantitative estimate of drug-likeness (QED) is 0.395. The molecule has 8 heavy (non-hydrogen) atoms. The van der Waals surface area contributed by atoms with Gasteiger partial charge in [0.15, 0.2) is 11.5 Å². The first kappa shape index (κ1) is 7.01. The van der Waals surface area contributed by atoms with Gasteiger partial charge < -0.3 is 10.2 Å². The molecule has 0 amide bonds. The van der Waals surface area contributed by atoms with Gasteiger partial charge in [-0.1, -0.05) is 0 Å². The van der Waals surface area contributed by atoms with E-state index in [-0.39, 0.29) is 5.76 Å². The average Bonchev–Trinajstić information content (AvgIpc) is 1.64. The maximum Gasteiger partial charge on any atom is 0.197 e. The Morgan fingerprint density at radius 1 is 1.25 bits per heavy atom. The number of hydrogen-bond acceptors (Lipinski definition) is 3. The molecule has 0 aromatic carbocycles. The Labute approximate surface area is 47.3 Å². The topological polar surface area (TPSA) is 57.5 Å². The van der Waals surface area contributed by atoms with Crippen molar-refractivity contribution in [2.24, 2.45) is 0 Å². The van der Waals surface area contributed by atoms with E-state index in [4.69, 9.17) is 10.2 Å². The number of hydrogen-bond donors (Lipinski definition) is 2. The highest BCUT2D eigenvalue weighted by atomic mass is 16.3. The van der Waals surface area contributed by atoms with Crippen molar-refractivity contribution < 1.29 is 15.0 Å². The van der Waals surface area contributed by atoms with E-state index in [1.165, 1.54) is 13.8 Å². The van der Waals surface area contributed by atoms with E-state index in [2.05, 4.69) is 0 Å². The van der Waals surface area contributed by atoms with E-state index in [1.54, 1.807) is 0 Å². The fourth-order valence-corrected chi connectivity index (χ4v) is 0.255. The SMILES string of the molecule is CC(=O)/C(O)=C(/C)O. The Morgan fingerprint density at radius 3 is 1.62 bits per heavy atom. The molecule has 46 valence electrons. The number of Topliss-reactive ketones (excluding diaryl/α,β-unsaturated/α-hetero) is 1. The van der Waals surface area contributed by atoms with E-state index in [1.807, 2.05) is 0 Å². The Kier molecular flexibility index (Phi) is 2.06. The second kappa shape index (κ2) is 2.35. The molecule has 0 atom stereocenters. The fraction of sp³-hybridized carbons (Fsp3) is 0.400. The molecule has 0 bridgehead atoms. The largest absolute Gasteiger partial charge is 0.509 e. The van der Waals surface area contributed by atoms with Gasteiger partial charge in [-0.25, -0.2) is 0 Å². The summed E-state index contributed by atoms with van der Waals surface area (Å²) >= 11 is 0. The van der Waals surface area contributed by atoms with Crippen LogP contribution in [0.1, 0.15) is 13.8 Å². The Hall–Kier alpha value is -0.990. The van der Waals surface area contributed by atoms with Crippen LogP contribution in [-0.2, 0) is 4.79 Å². The first-order chi connectivity index (χ1) is 3.55. The number of ketones is 1. The molecular weight excluding hydrogens is 108 g/mol. The van der Waals surface area contributed by atoms with Gasteiger partial charge in [-0.2, -0.15) is 0 Å². The zero-order valence-electron chi connectivity index (χ0n) is 4.80.